The van der Waals surface area contributed by atoms with Crippen molar-refractivity contribution in [1.82, 2.24) is 0 Å². The van der Waals surface area contributed by atoms with Gasteiger partial charge in [0.2, 0.25) is 5.91 Å². The van der Waals surface area contributed by atoms with Gasteiger partial charge in [0.15, 0.2) is 0 Å². The van der Waals surface area contributed by atoms with Gasteiger partial charge >= 0.3 is 5.97 Å². The van der Waals surface area contributed by atoms with Crippen LogP contribution in [0.4, 0.5) is 0 Å². The number of carbonyl (C=O) groups excluding carboxylic acids is 1. The quantitative estimate of drug-likeness (QED) is 0.790. The Hall–Kier alpha value is -2.19. The van der Waals surface area contributed by atoms with E-state index in [4.69, 9.17) is 10.8 Å². The number of amides is 1. The molecule has 6 heteroatoms. The zero-order valence-corrected chi connectivity index (χ0v) is 18.5. The van der Waals surface area contributed by atoms with Crippen LogP contribution in [0.25, 0.3) is 0 Å². The van der Waals surface area contributed by atoms with E-state index in [-0.39, 0.29) is 5.91 Å². The molecule has 0 atom stereocenters. The summed E-state index contributed by atoms with van der Waals surface area (Å²) in [7, 11) is -2.81. The lowest BCUT2D eigenvalue weighted by Crippen LogP contribution is -2.46. The standard InChI is InChI=1S/C13H23NOSi2.C7H6O2/c1-16(2,3)11-7-10(13(14)15)8-12(9-11)17(4,5)6;8-7(9)6-4-2-1-3-5-6/h7-9H,1-6H3,(H2,14,15);1-5H,(H,8,9). The second-order valence-corrected chi connectivity index (χ2v) is 18.5. The number of nitrogens with two attached hydrogens (primary N) is 1. The molecule has 0 aliphatic rings. The van der Waals surface area contributed by atoms with Gasteiger partial charge in [-0.1, -0.05) is 86.1 Å². The Labute approximate surface area is 158 Å². The fourth-order valence-electron chi connectivity index (χ4n) is 2.22. The van der Waals surface area contributed by atoms with Crippen molar-refractivity contribution in [3.05, 3.63) is 59.7 Å². The summed E-state index contributed by atoms with van der Waals surface area (Å²) in [5, 5.41) is 11.0. The van der Waals surface area contributed by atoms with Crippen molar-refractivity contribution >= 4 is 38.4 Å². The molecular weight excluding hydrogens is 358 g/mol. The summed E-state index contributed by atoms with van der Waals surface area (Å²) in [6.45, 7) is 13.8. The van der Waals surface area contributed by atoms with Crippen LogP contribution >= 0.6 is 0 Å². The molecular formula is C20H29NO3Si2. The molecule has 26 heavy (non-hydrogen) atoms. The van der Waals surface area contributed by atoms with Crippen molar-refractivity contribution in [3.8, 4) is 0 Å². The summed E-state index contributed by atoms with van der Waals surface area (Å²) in [5.74, 6) is -1.19. The minimum atomic E-state index is -1.41. The zero-order valence-electron chi connectivity index (χ0n) is 16.5. The monoisotopic (exact) mass is 387 g/mol. The molecule has 3 N–H and O–H groups in total. The van der Waals surface area contributed by atoms with E-state index in [1.165, 1.54) is 10.4 Å². The molecule has 0 unspecified atom stereocenters. The van der Waals surface area contributed by atoms with Crippen molar-refractivity contribution in [2.24, 2.45) is 5.73 Å². The first-order valence-corrected chi connectivity index (χ1v) is 15.6. The van der Waals surface area contributed by atoms with E-state index in [0.29, 0.717) is 11.1 Å². The highest BCUT2D eigenvalue weighted by molar-refractivity contribution is 6.91. The van der Waals surface area contributed by atoms with Crippen LogP contribution in [0.15, 0.2) is 48.5 Å². The van der Waals surface area contributed by atoms with Gasteiger partial charge in [0.05, 0.1) is 21.7 Å². The number of benzene rings is 2. The highest BCUT2D eigenvalue weighted by Gasteiger charge is 2.23. The van der Waals surface area contributed by atoms with Crippen LogP contribution in [0.3, 0.4) is 0 Å². The average molecular weight is 388 g/mol. The summed E-state index contributed by atoms with van der Waals surface area (Å²) >= 11 is 0. The zero-order chi connectivity index (χ0) is 20.1. The maximum absolute atomic E-state index is 11.4. The Morgan fingerprint density at radius 1 is 0.769 bits per heavy atom. The molecule has 0 aliphatic carbocycles. The molecule has 140 valence electrons. The molecule has 0 saturated heterocycles. The number of rotatable bonds is 4. The van der Waals surface area contributed by atoms with Crippen molar-refractivity contribution in [2.75, 3.05) is 0 Å². The van der Waals surface area contributed by atoms with Crippen LogP contribution in [0.2, 0.25) is 39.3 Å². The number of primary amides is 1. The van der Waals surface area contributed by atoms with Crippen molar-refractivity contribution < 1.29 is 14.7 Å². The molecule has 2 aromatic carbocycles. The van der Waals surface area contributed by atoms with Crippen LogP contribution in [-0.2, 0) is 0 Å². The number of carboxylic acids is 1. The molecule has 0 radical (unpaired) electrons. The molecule has 4 nitrogen and oxygen atoms in total. The molecule has 0 spiro atoms. The van der Waals surface area contributed by atoms with Gasteiger partial charge in [0.1, 0.15) is 0 Å². The minimum absolute atomic E-state index is 0.315. The van der Waals surface area contributed by atoms with Crippen LogP contribution in [0.1, 0.15) is 20.7 Å². The molecule has 0 heterocycles. The number of hydrogen-bond donors (Lipinski definition) is 2. The maximum Gasteiger partial charge on any atom is 0.335 e. The molecule has 2 aromatic rings. The van der Waals surface area contributed by atoms with Gasteiger partial charge in [-0.05, 0) is 12.1 Å². The highest BCUT2D eigenvalue weighted by Crippen LogP contribution is 2.08. The van der Waals surface area contributed by atoms with Crippen LogP contribution in [-0.4, -0.2) is 33.1 Å². The van der Waals surface area contributed by atoms with E-state index in [1.807, 2.05) is 12.1 Å². The van der Waals surface area contributed by atoms with Gasteiger partial charge in [0.25, 0.3) is 0 Å². The SMILES string of the molecule is C[Si](C)(C)c1cc(C(N)=O)cc([Si](C)(C)C)c1.O=C(O)c1ccccc1. The van der Waals surface area contributed by atoms with Gasteiger partial charge in [-0.15, -0.1) is 0 Å². The van der Waals surface area contributed by atoms with E-state index < -0.39 is 22.1 Å². The molecule has 1 amide bonds. The first-order chi connectivity index (χ1) is 11.8. The van der Waals surface area contributed by atoms with Gasteiger partial charge in [0, 0.05) is 5.56 Å². The second-order valence-electron chi connectivity index (χ2n) is 8.33. The molecule has 0 aromatic heterocycles. The van der Waals surface area contributed by atoms with Gasteiger partial charge in [-0.3, -0.25) is 4.79 Å². The largest absolute Gasteiger partial charge is 0.478 e. The highest BCUT2D eigenvalue weighted by atomic mass is 28.3. The Bertz CT molecular complexity index is 744. The smallest absolute Gasteiger partial charge is 0.335 e. The van der Waals surface area contributed by atoms with Gasteiger partial charge < -0.3 is 10.8 Å². The van der Waals surface area contributed by atoms with Crippen molar-refractivity contribution in [2.45, 2.75) is 39.3 Å². The maximum atomic E-state index is 11.4. The van der Waals surface area contributed by atoms with Crippen LogP contribution in [0.5, 0.6) is 0 Å². The fraction of sp³-hybridized carbons (Fsp3) is 0.300. The molecule has 0 fully saturated rings. The molecule has 0 saturated carbocycles. The van der Waals surface area contributed by atoms with Crippen molar-refractivity contribution in [3.63, 3.8) is 0 Å². The third-order valence-electron chi connectivity index (χ3n) is 3.97. The number of hydrogen-bond acceptors (Lipinski definition) is 2. The number of carbonyl (C=O) groups is 2. The predicted molar refractivity (Wildman–Crippen MR) is 114 cm³/mol. The van der Waals surface area contributed by atoms with Crippen LogP contribution < -0.4 is 16.1 Å². The van der Waals surface area contributed by atoms with Gasteiger partial charge in [-0.2, -0.15) is 0 Å². The van der Waals surface area contributed by atoms with Crippen LogP contribution in [0, 0.1) is 0 Å². The third kappa shape index (κ3) is 6.61. The molecule has 0 bridgehead atoms. The lowest BCUT2D eigenvalue weighted by molar-refractivity contribution is 0.0696. The summed E-state index contributed by atoms with van der Waals surface area (Å²) < 4.78 is 0. The summed E-state index contributed by atoms with van der Waals surface area (Å²) in [5.41, 5.74) is 6.43. The molecule has 2 rings (SSSR count). The minimum Gasteiger partial charge on any atom is -0.478 e. The summed E-state index contributed by atoms with van der Waals surface area (Å²) in [6, 6.07) is 14.6. The fourth-order valence-corrected chi connectivity index (χ4v) is 4.72. The molecule has 0 aliphatic heterocycles. The predicted octanol–water partition coefficient (Wildman–Crippen LogP) is 3.26. The van der Waals surface area contributed by atoms with Crippen molar-refractivity contribution in [1.29, 1.82) is 0 Å². The summed E-state index contributed by atoms with van der Waals surface area (Å²) in [6.07, 6.45) is 0. The van der Waals surface area contributed by atoms with E-state index in [1.54, 1.807) is 30.3 Å². The van der Waals surface area contributed by atoms with E-state index >= 15 is 0 Å². The normalized spacial score (nSPS) is 11.3. The van der Waals surface area contributed by atoms with Gasteiger partial charge in [-0.25, -0.2) is 4.79 Å². The second kappa shape index (κ2) is 8.46. The Morgan fingerprint density at radius 2 is 1.19 bits per heavy atom. The Kier molecular flexibility index (Phi) is 7.11. The topological polar surface area (TPSA) is 80.4 Å². The average Bonchev–Trinajstić information content (AvgIpc) is 2.54. The third-order valence-corrected chi connectivity index (χ3v) is 8.01. The Balaban J connectivity index is 0.000000314. The number of aromatic carboxylic acids is 1. The first-order valence-electron chi connectivity index (χ1n) is 8.56. The number of carboxylic acid groups (broad SMARTS) is 1. The van der Waals surface area contributed by atoms with E-state index in [2.05, 4.69) is 45.3 Å². The summed E-state index contributed by atoms with van der Waals surface area (Å²) in [4.78, 5) is 21.6. The lowest BCUT2D eigenvalue weighted by atomic mass is 10.2. The lowest BCUT2D eigenvalue weighted by Gasteiger charge is -2.23. The van der Waals surface area contributed by atoms with E-state index in [0.717, 1.165) is 0 Å². The van der Waals surface area contributed by atoms with E-state index in [9.17, 15) is 9.59 Å². The first kappa shape index (κ1) is 21.9. The Morgan fingerprint density at radius 3 is 1.46 bits per heavy atom.